The molecule has 0 aromatic carbocycles. The molecule has 0 bridgehead atoms. The van der Waals surface area contributed by atoms with Crippen molar-refractivity contribution < 1.29 is 19.5 Å². The predicted molar refractivity (Wildman–Crippen MR) is 68.2 cm³/mol. The van der Waals surface area contributed by atoms with Crippen molar-refractivity contribution in [1.82, 2.24) is 5.32 Å². The van der Waals surface area contributed by atoms with E-state index in [-0.39, 0.29) is 30.4 Å². The lowest BCUT2D eigenvalue weighted by Gasteiger charge is -2.20. The number of carbonyl (C=O) groups excluding carboxylic acids is 2. The second-order valence-corrected chi connectivity index (χ2v) is 4.71. The number of nitrogens with one attached hydrogen (secondary N) is 1. The molecule has 0 heterocycles. The average Bonchev–Trinajstić information content (AvgIpc) is 2.30. The van der Waals surface area contributed by atoms with Gasteiger partial charge < -0.3 is 10.4 Å². The van der Waals surface area contributed by atoms with E-state index in [4.69, 9.17) is 5.11 Å². The number of unbranched alkanes of at least 4 members (excludes halogenated alkanes) is 1. The molecule has 0 aromatic heterocycles. The van der Waals surface area contributed by atoms with Crippen LogP contribution in [0, 0.1) is 5.92 Å². The summed E-state index contributed by atoms with van der Waals surface area (Å²) in [6, 6.07) is -0.429. The van der Waals surface area contributed by atoms with Crippen LogP contribution in [0.15, 0.2) is 0 Å². The van der Waals surface area contributed by atoms with Crippen LogP contribution in [0.1, 0.15) is 52.9 Å². The first-order chi connectivity index (χ1) is 8.38. The van der Waals surface area contributed by atoms with E-state index >= 15 is 0 Å². The highest BCUT2D eigenvalue weighted by molar-refractivity contribution is 5.89. The van der Waals surface area contributed by atoms with Gasteiger partial charge >= 0.3 is 5.97 Å². The maximum Gasteiger partial charge on any atom is 0.303 e. The molecule has 0 saturated heterocycles. The van der Waals surface area contributed by atoms with Gasteiger partial charge in [0.25, 0.3) is 0 Å². The van der Waals surface area contributed by atoms with Gasteiger partial charge in [-0.2, -0.15) is 0 Å². The van der Waals surface area contributed by atoms with Gasteiger partial charge in [0.1, 0.15) is 0 Å². The number of amides is 1. The summed E-state index contributed by atoms with van der Waals surface area (Å²) < 4.78 is 0. The quantitative estimate of drug-likeness (QED) is 0.616. The number of rotatable bonds is 9. The summed E-state index contributed by atoms with van der Waals surface area (Å²) in [6.07, 6.45) is 1.77. The summed E-state index contributed by atoms with van der Waals surface area (Å²) in [5, 5.41) is 11.2. The maximum atomic E-state index is 11.6. The van der Waals surface area contributed by atoms with Crippen molar-refractivity contribution >= 4 is 17.7 Å². The third-order valence-electron chi connectivity index (χ3n) is 2.72. The van der Waals surface area contributed by atoms with E-state index in [9.17, 15) is 14.4 Å². The Balaban J connectivity index is 4.03. The molecule has 0 aliphatic rings. The lowest BCUT2D eigenvalue weighted by Crippen LogP contribution is -2.44. The molecule has 0 aliphatic carbocycles. The molecular formula is C13H23NO4. The Bertz CT molecular complexity index is 299. The van der Waals surface area contributed by atoms with Crippen molar-refractivity contribution in [1.29, 1.82) is 0 Å². The first-order valence-electron chi connectivity index (χ1n) is 6.42. The largest absolute Gasteiger partial charge is 0.481 e. The Kier molecular flexibility index (Phi) is 8.00. The van der Waals surface area contributed by atoms with Crippen LogP contribution in [0.2, 0.25) is 0 Å². The molecule has 1 atom stereocenters. The van der Waals surface area contributed by atoms with Crippen LogP contribution in [0.25, 0.3) is 0 Å². The van der Waals surface area contributed by atoms with Crippen molar-refractivity contribution in [2.45, 2.75) is 58.9 Å². The standard InChI is InChI=1S/C13H23NO4/c1-4-10(15)13(9(2)3)14-11(16)7-5-6-8-12(17)18/h9,13H,4-8H2,1-3H3,(H,14,16)(H,17,18)/t13-/m0/s1. The zero-order valence-corrected chi connectivity index (χ0v) is 11.4. The number of ketones is 1. The molecule has 5 nitrogen and oxygen atoms in total. The molecule has 0 spiro atoms. The van der Waals surface area contributed by atoms with Crippen LogP contribution >= 0.6 is 0 Å². The third kappa shape index (κ3) is 7.04. The Hall–Kier alpha value is -1.39. The molecule has 2 N–H and O–H groups in total. The Morgan fingerprint density at radius 1 is 1.11 bits per heavy atom. The van der Waals surface area contributed by atoms with Crippen molar-refractivity contribution in [3.8, 4) is 0 Å². The van der Waals surface area contributed by atoms with Gasteiger partial charge in [-0.3, -0.25) is 14.4 Å². The lowest BCUT2D eigenvalue weighted by atomic mass is 9.98. The highest BCUT2D eigenvalue weighted by atomic mass is 16.4. The SMILES string of the molecule is CCC(=O)[C@@H](NC(=O)CCCCC(=O)O)C(C)C. The summed E-state index contributed by atoms with van der Waals surface area (Å²) in [6.45, 7) is 5.56. The van der Waals surface area contributed by atoms with Crippen molar-refractivity contribution in [2.24, 2.45) is 5.92 Å². The second kappa shape index (κ2) is 8.66. The zero-order valence-electron chi connectivity index (χ0n) is 11.4. The molecule has 0 aliphatic heterocycles. The van der Waals surface area contributed by atoms with Gasteiger partial charge in [0.05, 0.1) is 6.04 Å². The molecular weight excluding hydrogens is 234 g/mol. The molecule has 0 rings (SSSR count). The van der Waals surface area contributed by atoms with Gasteiger partial charge in [-0.05, 0) is 18.8 Å². The van der Waals surface area contributed by atoms with E-state index in [1.54, 1.807) is 6.92 Å². The van der Waals surface area contributed by atoms with Crippen LogP contribution in [-0.4, -0.2) is 28.8 Å². The van der Waals surface area contributed by atoms with E-state index in [0.717, 1.165) is 0 Å². The fraction of sp³-hybridized carbons (Fsp3) is 0.769. The number of carbonyl (C=O) groups is 3. The Morgan fingerprint density at radius 2 is 1.67 bits per heavy atom. The smallest absolute Gasteiger partial charge is 0.303 e. The van der Waals surface area contributed by atoms with Crippen LogP contribution in [0.5, 0.6) is 0 Å². The first kappa shape index (κ1) is 16.6. The van der Waals surface area contributed by atoms with Crippen molar-refractivity contribution in [2.75, 3.05) is 0 Å². The number of aliphatic carboxylic acids is 1. The highest BCUT2D eigenvalue weighted by Crippen LogP contribution is 2.07. The number of hydrogen-bond donors (Lipinski definition) is 2. The summed E-state index contributed by atoms with van der Waals surface area (Å²) in [4.78, 5) is 33.5. The first-order valence-corrected chi connectivity index (χ1v) is 6.42. The number of Topliss-reactive ketones (excluding diaryl/α,β-unsaturated/α-hetero) is 1. The van der Waals surface area contributed by atoms with Crippen LogP contribution in [0.4, 0.5) is 0 Å². The second-order valence-electron chi connectivity index (χ2n) is 4.71. The minimum atomic E-state index is -0.850. The zero-order chi connectivity index (χ0) is 14.1. The van der Waals surface area contributed by atoms with Gasteiger partial charge in [0.2, 0.25) is 5.91 Å². The van der Waals surface area contributed by atoms with E-state index in [1.165, 1.54) is 0 Å². The van der Waals surface area contributed by atoms with E-state index in [2.05, 4.69) is 5.32 Å². The molecule has 0 aromatic rings. The fourth-order valence-electron chi connectivity index (χ4n) is 1.65. The minimum Gasteiger partial charge on any atom is -0.481 e. The van der Waals surface area contributed by atoms with Gasteiger partial charge in [-0.1, -0.05) is 20.8 Å². The molecule has 0 radical (unpaired) electrons. The monoisotopic (exact) mass is 257 g/mol. The minimum absolute atomic E-state index is 0.0314. The summed E-state index contributed by atoms with van der Waals surface area (Å²) in [5.74, 6) is -0.929. The van der Waals surface area contributed by atoms with Crippen molar-refractivity contribution in [3.05, 3.63) is 0 Å². The summed E-state index contributed by atoms with van der Waals surface area (Å²) in [7, 11) is 0. The Labute approximate surface area is 108 Å². The van der Waals surface area contributed by atoms with Gasteiger partial charge in [-0.15, -0.1) is 0 Å². The molecule has 104 valence electrons. The van der Waals surface area contributed by atoms with E-state index < -0.39 is 12.0 Å². The lowest BCUT2D eigenvalue weighted by molar-refractivity contribution is -0.137. The topological polar surface area (TPSA) is 83.5 Å². The predicted octanol–water partition coefficient (Wildman–Crippen LogP) is 1.75. The third-order valence-corrected chi connectivity index (χ3v) is 2.72. The van der Waals surface area contributed by atoms with Gasteiger partial charge in [-0.25, -0.2) is 0 Å². The molecule has 18 heavy (non-hydrogen) atoms. The molecule has 0 fully saturated rings. The number of hydrogen-bond acceptors (Lipinski definition) is 3. The van der Waals surface area contributed by atoms with Gasteiger partial charge in [0, 0.05) is 19.3 Å². The van der Waals surface area contributed by atoms with Crippen LogP contribution in [0.3, 0.4) is 0 Å². The average molecular weight is 257 g/mol. The highest BCUT2D eigenvalue weighted by Gasteiger charge is 2.22. The molecule has 1 amide bonds. The van der Waals surface area contributed by atoms with Crippen LogP contribution < -0.4 is 5.32 Å². The normalized spacial score (nSPS) is 12.2. The van der Waals surface area contributed by atoms with E-state index in [0.29, 0.717) is 19.3 Å². The summed E-state index contributed by atoms with van der Waals surface area (Å²) in [5.41, 5.74) is 0. The number of carboxylic acids is 1. The fourth-order valence-corrected chi connectivity index (χ4v) is 1.65. The molecule has 5 heteroatoms. The summed E-state index contributed by atoms with van der Waals surface area (Å²) >= 11 is 0. The Morgan fingerprint density at radius 3 is 2.11 bits per heavy atom. The molecule has 0 saturated carbocycles. The van der Waals surface area contributed by atoms with Crippen LogP contribution in [-0.2, 0) is 14.4 Å². The number of carboxylic acid groups (broad SMARTS) is 1. The maximum absolute atomic E-state index is 11.6. The van der Waals surface area contributed by atoms with Crippen molar-refractivity contribution in [3.63, 3.8) is 0 Å². The van der Waals surface area contributed by atoms with E-state index in [1.807, 2.05) is 13.8 Å². The molecule has 0 unspecified atom stereocenters. The van der Waals surface area contributed by atoms with Gasteiger partial charge in [0.15, 0.2) is 5.78 Å².